The summed E-state index contributed by atoms with van der Waals surface area (Å²) in [6.45, 7) is 8.35. The summed E-state index contributed by atoms with van der Waals surface area (Å²) < 4.78 is 12.2. The van der Waals surface area contributed by atoms with Gasteiger partial charge in [0.1, 0.15) is 0 Å². The van der Waals surface area contributed by atoms with Gasteiger partial charge in [0.15, 0.2) is 0 Å². The Morgan fingerprint density at radius 2 is 1.95 bits per heavy atom. The quantitative estimate of drug-likeness (QED) is 0.833. The largest absolute Gasteiger partial charge is 0.374 e. The van der Waals surface area contributed by atoms with E-state index in [2.05, 4.69) is 17.1 Å². The summed E-state index contributed by atoms with van der Waals surface area (Å²) in [4.78, 5) is 2.47. The third-order valence-corrected chi connectivity index (χ3v) is 5.27. The van der Waals surface area contributed by atoms with Crippen molar-refractivity contribution >= 4 is 0 Å². The predicted octanol–water partition coefficient (Wildman–Crippen LogP) is 1.79. The first-order valence-electron chi connectivity index (χ1n) is 8.52. The van der Waals surface area contributed by atoms with Crippen molar-refractivity contribution in [3.8, 4) is 0 Å². The van der Waals surface area contributed by atoms with Crippen LogP contribution in [0.3, 0.4) is 0 Å². The Morgan fingerprint density at radius 3 is 2.75 bits per heavy atom. The lowest BCUT2D eigenvalue weighted by molar-refractivity contribution is -0.0422. The van der Waals surface area contributed by atoms with E-state index < -0.39 is 0 Å². The Kier molecular flexibility index (Phi) is 4.97. The van der Waals surface area contributed by atoms with Crippen LogP contribution >= 0.6 is 0 Å². The summed E-state index contributed by atoms with van der Waals surface area (Å²) in [6, 6.07) is 0. The fourth-order valence-electron chi connectivity index (χ4n) is 4.02. The van der Waals surface area contributed by atoms with Gasteiger partial charge in [-0.2, -0.15) is 0 Å². The molecule has 0 aromatic heterocycles. The number of nitrogens with zero attached hydrogens (tertiary/aromatic N) is 1. The lowest BCUT2D eigenvalue weighted by Gasteiger charge is -2.32. The van der Waals surface area contributed by atoms with Gasteiger partial charge in [0, 0.05) is 26.2 Å². The Balaban J connectivity index is 1.34. The van der Waals surface area contributed by atoms with Crippen molar-refractivity contribution in [3.05, 3.63) is 0 Å². The molecule has 4 heteroatoms. The summed E-state index contributed by atoms with van der Waals surface area (Å²) in [5.74, 6) is 0. The van der Waals surface area contributed by atoms with E-state index in [1.807, 2.05) is 0 Å². The number of nitrogens with one attached hydrogen (secondary N) is 1. The molecule has 2 unspecified atom stereocenters. The van der Waals surface area contributed by atoms with Crippen LogP contribution in [0.4, 0.5) is 0 Å². The SMILES string of the molecule is CCN1CCOC(CNCC2CCC3(CCCC3)O2)C1. The van der Waals surface area contributed by atoms with E-state index >= 15 is 0 Å². The lowest BCUT2D eigenvalue weighted by atomic mass is 9.98. The highest BCUT2D eigenvalue weighted by Crippen LogP contribution is 2.43. The first-order valence-corrected chi connectivity index (χ1v) is 8.52. The first kappa shape index (κ1) is 14.8. The zero-order chi connectivity index (χ0) is 13.8. The van der Waals surface area contributed by atoms with Gasteiger partial charge >= 0.3 is 0 Å². The molecule has 3 aliphatic rings. The molecule has 2 heterocycles. The monoisotopic (exact) mass is 282 g/mol. The van der Waals surface area contributed by atoms with Gasteiger partial charge in [-0.3, -0.25) is 4.90 Å². The van der Waals surface area contributed by atoms with Gasteiger partial charge < -0.3 is 14.8 Å². The highest BCUT2D eigenvalue weighted by molar-refractivity contribution is 4.93. The van der Waals surface area contributed by atoms with E-state index in [1.165, 1.54) is 38.5 Å². The Morgan fingerprint density at radius 1 is 1.15 bits per heavy atom. The van der Waals surface area contributed by atoms with Crippen molar-refractivity contribution in [2.45, 2.75) is 63.3 Å². The minimum atomic E-state index is 0.271. The standard InChI is InChI=1S/C16H30N2O2/c1-2-18-9-10-19-15(13-18)12-17-11-14-5-8-16(20-14)6-3-4-7-16/h14-15,17H,2-13H2,1H3. The van der Waals surface area contributed by atoms with Gasteiger partial charge in [-0.15, -0.1) is 0 Å². The summed E-state index contributed by atoms with van der Waals surface area (Å²) in [7, 11) is 0. The molecular formula is C16H30N2O2. The molecule has 20 heavy (non-hydrogen) atoms. The summed E-state index contributed by atoms with van der Waals surface area (Å²) in [6.07, 6.45) is 8.61. The second kappa shape index (κ2) is 6.73. The first-order chi connectivity index (χ1) is 9.80. The maximum atomic E-state index is 6.33. The topological polar surface area (TPSA) is 33.7 Å². The van der Waals surface area contributed by atoms with Crippen molar-refractivity contribution in [1.29, 1.82) is 0 Å². The molecule has 1 saturated carbocycles. The molecule has 0 aromatic rings. The smallest absolute Gasteiger partial charge is 0.0826 e. The van der Waals surface area contributed by atoms with E-state index in [1.54, 1.807) is 0 Å². The average Bonchev–Trinajstić information content (AvgIpc) is 3.10. The molecule has 0 amide bonds. The third-order valence-electron chi connectivity index (χ3n) is 5.27. The predicted molar refractivity (Wildman–Crippen MR) is 80.0 cm³/mol. The molecule has 2 atom stereocenters. The summed E-state index contributed by atoms with van der Waals surface area (Å²) in [5, 5.41) is 3.57. The lowest BCUT2D eigenvalue weighted by Crippen LogP contribution is -2.47. The van der Waals surface area contributed by atoms with Crippen molar-refractivity contribution < 1.29 is 9.47 Å². The van der Waals surface area contributed by atoms with Crippen LogP contribution in [-0.4, -0.2) is 62.0 Å². The molecule has 0 aromatic carbocycles. The molecule has 2 saturated heterocycles. The molecule has 0 radical (unpaired) electrons. The maximum absolute atomic E-state index is 6.33. The highest BCUT2D eigenvalue weighted by atomic mass is 16.5. The number of rotatable bonds is 5. The normalized spacial score (nSPS) is 34.0. The summed E-state index contributed by atoms with van der Waals surface area (Å²) >= 11 is 0. The molecule has 1 spiro atoms. The van der Waals surface area contributed by atoms with E-state index in [0.29, 0.717) is 12.2 Å². The van der Waals surface area contributed by atoms with Crippen LogP contribution in [0.15, 0.2) is 0 Å². The molecule has 116 valence electrons. The Bertz CT molecular complexity index is 305. The van der Waals surface area contributed by atoms with Gasteiger partial charge in [0.05, 0.1) is 24.4 Å². The van der Waals surface area contributed by atoms with Crippen LogP contribution in [0.25, 0.3) is 0 Å². The third kappa shape index (κ3) is 3.53. The number of likely N-dealkylation sites (N-methyl/N-ethyl adjacent to an activating group) is 1. The van der Waals surface area contributed by atoms with Crippen molar-refractivity contribution in [2.24, 2.45) is 0 Å². The van der Waals surface area contributed by atoms with Crippen LogP contribution in [-0.2, 0) is 9.47 Å². The number of hydrogen-bond acceptors (Lipinski definition) is 4. The van der Waals surface area contributed by atoms with Crippen LogP contribution in [0.2, 0.25) is 0 Å². The fourth-order valence-corrected chi connectivity index (χ4v) is 4.02. The fraction of sp³-hybridized carbons (Fsp3) is 1.00. The highest BCUT2D eigenvalue weighted by Gasteiger charge is 2.41. The van der Waals surface area contributed by atoms with E-state index in [-0.39, 0.29) is 5.60 Å². The average molecular weight is 282 g/mol. The molecular weight excluding hydrogens is 252 g/mol. The van der Waals surface area contributed by atoms with Gasteiger partial charge in [0.25, 0.3) is 0 Å². The van der Waals surface area contributed by atoms with Crippen LogP contribution in [0, 0.1) is 0 Å². The number of hydrogen-bond donors (Lipinski definition) is 1. The number of ether oxygens (including phenoxy) is 2. The molecule has 2 aliphatic heterocycles. The van der Waals surface area contributed by atoms with Gasteiger partial charge in [0.2, 0.25) is 0 Å². The van der Waals surface area contributed by atoms with E-state index in [4.69, 9.17) is 9.47 Å². The van der Waals surface area contributed by atoms with Crippen LogP contribution < -0.4 is 5.32 Å². The second-order valence-electron chi connectivity index (χ2n) is 6.71. The molecule has 0 bridgehead atoms. The van der Waals surface area contributed by atoms with Crippen molar-refractivity contribution in [2.75, 3.05) is 39.3 Å². The van der Waals surface area contributed by atoms with Gasteiger partial charge in [-0.25, -0.2) is 0 Å². The zero-order valence-corrected chi connectivity index (χ0v) is 12.9. The van der Waals surface area contributed by atoms with E-state index in [0.717, 1.165) is 39.3 Å². The van der Waals surface area contributed by atoms with Gasteiger partial charge in [-0.05, 0) is 32.2 Å². The van der Waals surface area contributed by atoms with Crippen molar-refractivity contribution in [1.82, 2.24) is 10.2 Å². The summed E-state index contributed by atoms with van der Waals surface area (Å²) in [5.41, 5.74) is 0.271. The number of morpholine rings is 1. The minimum absolute atomic E-state index is 0.271. The molecule has 3 fully saturated rings. The van der Waals surface area contributed by atoms with Gasteiger partial charge in [-0.1, -0.05) is 19.8 Å². The van der Waals surface area contributed by atoms with Crippen LogP contribution in [0.5, 0.6) is 0 Å². The minimum Gasteiger partial charge on any atom is -0.374 e. The Hall–Kier alpha value is -0.160. The molecule has 1 aliphatic carbocycles. The second-order valence-corrected chi connectivity index (χ2v) is 6.71. The van der Waals surface area contributed by atoms with Crippen LogP contribution in [0.1, 0.15) is 45.4 Å². The Labute approximate surface area is 123 Å². The molecule has 4 nitrogen and oxygen atoms in total. The van der Waals surface area contributed by atoms with Crippen molar-refractivity contribution in [3.63, 3.8) is 0 Å². The maximum Gasteiger partial charge on any atom is 0.0826 e. The van der Waals surface area contributed by atoms with E-state index in [9.17, 15) is 0 Å². The molecule has 1 N–H and O–H groups in total. The zero-order valence-electron chi connectivity index (χ0n) is 12.9. The molecule has 3 rings (SSSR count).